The summed E-state index contributed by atoms with van der Waals surface area (Å²) in [5.74, 6) is 1.11. The second-order valence-corrected chi connectivity index (χ2v) is 4.48. The number of nitrogens with zero attached hydrogens (tertiary/aromatic N) is 1. The number of hydrogen-bond acceptors (Lipinski definition) is 2. The zero-order chi connectivity index (χ0) is 11.1. The van der Waals surface area contributed by atoms with Gasteiger partial charge in [-0.3, -0.25) is 4.79 Å². The van der Waals surface area contributed by atoms with Crippen LogP contribution in [0.4, 0.5) is 0 Å². The average molecular weight is 212 g/mol. The molecule has 1 heterocycles. The highest BCUT2D eigenvalue weighted by Gasteiger charge is 2.20. The Kier molecular flexibility index (Phi) is 5.69. The fourth-order valence-corrected chi connectivity index (χ4v) is 2.18. The molecule has 0 aromatic rings. The summed E-state index contributed by atoms with van der Waals surface area (Å²) in [5.41, 5.74) is 5.45. The first-order chi connectivity index (χ1) is 7.27. The van der Waals surface area contributed by atoms with Gasteiger partial charge in [-0.2, -0.15) is 0 Å². The summed E-state index contributed by atoms with van der Waals surface area (Å²) in [5, 5.41) is 0. The molecule has 0 bridgehead atoms. The van der Waals surface area contributed by atoms with Crippen LogP contribution in [0.3, 0.4) is 0 Å². The van der Waals surface area contributed by atoms with Gasteiger partial charge in [-0.05, 0) is 38.1 Å². The van der Waals surface area contributed by atoms with Gasteiger partial charge in [0.2, 0.25) is 5.91 Å². The zero-order valence-corrected chi connectivity index (χ0v) is 9.87. The van der Waals surface area contributed by atoms with Crippen molar-refractivity contribution in [3.8, 4) is 0 Å². The van der Waals surface area contributed by atoms with Gasteiger partial charge in [0.1, 0.15) is 0 Å². The van der Waals surface area contributed by atoms with Crippen molar-refractivity contribution in [1.82, 2.24) is 4.90 Å². The molecular weight excluding hydrogens is 188 g/mol. The first kappa shape index (κ1) is 12.5. The lowest BCUT2D eigenvalue weighted by atomic mass is 9.98. The van der Waals surface area contributed by atoms with Crippen LogP contribution in [0, 0.1) is 5.92 Å². The summed E-state index contributed by atoms with van der Waals surface area (Å²) in [6.07, 6.45) is 6.32. The number of carbonyl (C=O) groups is 1. The predicted octanol–water partition coefficient (Wildman–Crippen LogP) is 1.76. The number of nitrogens with two attached hydrogens (primary N) is 1. The van der Waals surface area contributed by atoms with Gasteiger partial charge in [0.05, 0.1) is 0 Å². The normalized spacial score (nSPS) is 22.9. The Morgan fingerprint density at radius 3 is 2.87 bits per heavy atom. The predicted molar refractivity (Wildman–Crippen MR) is 62.5 cm³/mol. The SMILES string of the molecule is CCC1CCC(=O)N(CCCCN)CC1. The standard InChI is InChI=1S/C12H24N2O/c1-2-11-5-6-12(15)14(10-7-11)9-4-3-8-13/h11H,2-10,13H2,1H3. The minimum absolute atomic E-state index is 0.350. The lowest BCUT2D eigenvalue weighted by Crippen LogP contribution is -2.31. The van der Waals surface area contributed by atoms with Gasteiger partial charge in [0.25, 0.3) is 0 Å². The molecule has 0 aliphatic carbocycles. The van der Waals surface area contributed by atoms with E-state index < -0.39 is 0 Å². The zero-order valence-electron chi connectivity index (χ0n) is 9.87. The average Bonchev–Trinajstić information content (AvgIpc) is 2.42. The third-order valence-electron chi connectivity index (χ3n) is 3.39. The quantitative estimate of drug-likeness (QED) is 0.706. The Balaban J connectivity index is 2.33. The summed E-state index contributed by atoms with van der Waals surface area (Å²) < 4.78 is 0. The van der Waals surface area contributed by atoms with Crippen LogP contribution in [0.1, 0.15) is 45.4 Å². The summed E-state index contributed by atoms with van der Waals surface area (Å²) >= 11 is 0. The highest BCUT2D eigenvalue weighted by Crippen LogP contribution is 2.21. The van der Waals surface area contributed by atoms with Gasteiger partial charge in [-0.25, -0.2) is 0 Å². The number of unbranched alkanes of at least 4 members (excludes halogenated alkanes) is 1. The molecule has 15 heavy (non-hydrogen) atoms. The van der Waals surface area contributed by atoms with Crippen LogP contribution in [0.15, 0.2) is 0 Å². The molecule has 0 saturated carbocycles. The fraction of sp³-hybridized carbons (Fsp3) is 0.917. The molecule has 0 spiro atoms. The number of rotatable bonds is 5. The van der Waals surface area contributed by atoms with E-state index in [1.807, 2.05) is 4.90 Å². The van der Waals surface area contributed by atoms with Crippen molar-refractivity contribution in [1.29, 1.82) is 0 Å². The monoisotopic (exact) mass is 212 g/mol. The first-order valence-corrected chi connectivity index (χ1v) is 6.25. The summed E-state index contributed by atoms with van der Waals surface area (Å²) in [6.45, 7) is 4.83. The van der Waals surface area contributed by atoms with E-state index in [0.29, 0.717) is 5.91 Å². The Labute approximate surface area is 93.0 Å². The molecule has 1 aliphatic rings. The highest BCUT2D eigenvalue weighted by atomic mass is 16.2. The molecule has 0 aromatic carbocycles. The molecule has 1 rings (SSSR count). The topological polar surface area (TPSA) is 46.3 Å². The van der Waals surface area contributed by atoms with Crippen LogP contribution in [0.5, 0.6) is 0 Å². The number of hydrogen-bond donors (Lipinski definition) is 1. The molecule has 1 saturated heterocycles. The Hall–Kier alpha value is -0.570. The van der Waals surface area contributed by atoms with Crippen molar-refractivity contribution in [2.24, 2.45) is 11.7 Å². The maximum Gasteiger partial charge on any atom is 0.222 e. The van der Waals surface area contributed by atoms with Gasteiger partial charge in [-0.15, -0.1) is 0 Å². The van der Waals surface area contributed by atoms with Crippen LogP contribution < -0.4 is 5.73 Å². The minimum atomic E-state index is 0.350. The molecule has 1 aliphatic heterocycles. The number of carbonyl (C=O) groups excluding carboxylic acids is 1. The molecule has 3 heteroatoms. The number of likely N-dealkylation sites (tertiary alicyclic amines) is 1. The maximum absolute atomic E-state index is 11.8. The van der Waals surface area contributed by atoms with Gasteiger partial charge in [0, 0.05) is 19.5 Å². The lowest BCUT2D eigenvalue weighted by Gasteiger charge is -2.20. The van der Waals surface area contributed by atoms with E-state index in [1.165, 1.54) is 12.8 Å². The van der Waals surface area contributed by atoms with E-state index in [4.69, 9.17) is 5.73 Å². The molecule has 3 nitrogen and oxygen atoms in total. The summed E-state index contributed by atoms with van der Waals surface area (Å²) in [6, 6.07) is 0. The van der Waals surface area contributed by atoms with E-state index in [-0.39, 0.29) is 0 Å². The Morgan fingerprint density at radius 2 is 2.20 bits per heavy atom. The summed E-state index contributed by atoms with van der Waals surface area (Å²) in [4.78, 5) is 13.8. The molecule has 88 valence electrons. The van der Waals surface area contributed by atoms with Crippen molar-refractivity contribution >= 4 is 5.91 Å². The van der Waals surface area contributed by atoms with Gasteiger partial charge >= 0.3 is 0 Å². The molecule has 1 amide bonds. The van der Waals surface area contributed by atoms with Crippen LogP contribution in [0.2, 0.25) is 0 Å². The first-order valence-electron chi connectivity index (χ1n) is 6.25. The maximum atomic E-state index is 11.8. The lowest BCUT2D eigenvalue weighted by molar-refractivity contribution is -0.130. The molecule has 1 fully saturated rings. The second kappa shape index (κ2) is 6.83. The largest absolute Gasteiger partial charge is 0.343 e. The molecule has 2 N–H and O–H groups in total. The second-order valence-electron chi connectivity index (χ2n) is 4.48. The third-order valence-corrected chi connectivity index (χ3v) is 3.39. The minimum Gasteiger partial charge on any atom is -0.343 e. The molecule has 0 radical (unpaired) electrons. The fourth-order valence-electron chi connectivity index (χ4n) is 2.18. The smallest absolute Gasteiger partial charge is 0.222 e. The Morgan fingerprint density at radius 1 is 1.40 bits per heavy atom. The highest BCUT2D eigenvalue weighted by molar-refractivity contribution is 5.76. The number of amides is 1. The molecule has 1 unspecified atom stereocenters. The molecule has 1 atom stereocenters. The van der Waals surface area contributed by atoms with Crippen LogP contribution in [-0.2, 0) is 4.79 Å². The van der Waals surface area contributed by atoms with E-state index in [2.05, 4.69) is 6.92 Å². The van der Waals surface area contributed by atoms with Crippen molar-refractivity contribution in [3.05, 3.63) is 0 Å². The third kappa shape index (κ3) is 4.20. The van der Waals surface area contributed by atoms with Crippen LogP contribution in [-0.4, -0.2) is 30.4 Å². The van der Waals surface area contributed by atoms with Crippen molar-refractivity contribution < 1.29 is 4.79 Å². The van der Waals surface area contributed by atoms with E-state index in [9.17, 15) is 4.79 Å². The van der Waals surface area contributed by atoms with Crippen molar-refractivity contribution in [2.75, 3.05) is 19.6 Å². The van der Waals surface area contributed by atoms with Gasteiger partial charge in [-0.1, -0.05) is 13.3 Å². The van der Waals surface area contributed by atoms with Crippen LogP contribution >= 0.6 is 0 Å². The summed E-state index contributed by atoms with van der Waals surface area (Å²) in [7, 11) is 0. The van der Waals surface area contributed by atoms with E-state index in [1.54, 1.807) is 0 Å². The molecule has 0 aromatic heterocycles. The van der Waals surface area contributed by atoms with Crippen molar-refractivity contribution in [3.63, 3.8) is 0 Å². The van der Waals surface area contributed by atoms with E-state index >= 15 is 0 Å². The van der Waals surface area contributed by atoms with Gasteiger partial charge in [0.15, 0.2) is 0 Å². The van der Waals surface area contributed by atoms with Crippen molar-refractivity contribution in [2.45, 2.75) is 45.4 Å². The Bertz CT molecular complexity index is 194. The van der Waals surface area contributed by atoms with Crippen LogP contribution in [0.25, 0.3) is 0 Å². The van der Waals surface area contributed by atoms with Gasteiger partial charge < -0.3 is 10.6 Å². The molecular formula is C12H24N2O. The van der Waals surface area contributed by atoms with E-state index in [0.717, 1.165) is 51.2 Å².